The molecule has 0 aromatic rings. The van der Waals surface area contributed by atoms with Crippen molar-refractivity contribution in [2.24, 2.45) is 0 Å². The normalized spacial score (nSPS) is 11.4. The highest BCUT2D eigenvalue weighted by atomic mass is 16.7. The van der Waals surface area contributed by atoms with Crippen molar-refractivity contribution in [3.63, 3.8) is 0 Å². The van der Waals surface area contributed by atoms with Gasteiger partial charge in [0.25, 0.3) is 0 Å². The molecule has 0 aromatic carbocycles. The number of allylic oxidation sites excluding steroid dienone is 1. The largest absolute Gasteiger partial charge is 0.508 e. The minimum Gasteiger partial charge on any atom is -0.466 e. The molecule has 0 aliphatic carbocycles. The molecule has 0 bridgehead atoms. The first-order chi connectivity index (χ1) is 9.04. The molecule has 1 atom stereocenters. The second kappa shape index (κ2) is 9.77. The van der Waals surface area contributed by atoms with Gasteiger partial charge in [-0.1, -0.05) is 18.6 Å². The highest BCUT2D eigenvalue weighted by Gasteiger charge is 2.16. The predicted molar refractivity (Wildman–Crippen MR) is 70.3 cm³/mol. The summed E-state index contributed by atoms with van der Waals surface area (Å²) in [6.45, 7) is 3.64. The van der Waals surface area contributed by atoms with Crippen LogP contribution in [0.2, 0.25) is 0 Å². The zero-order valence-corrected chi connectivity index (χ0v) is 11.2. The summed E-state index contributed by atoms with van der Waals surface area (Å²) in [5.74, 6) is 1.94. The van der Waals surface area contributed by atoms with Crippen molar-refractivity contribution >= 4 is 12.1 Å². The summed E-state index contributed by atoms with van der Waals surface area (Å²) in [6, 6.07) is 0. The molecule has 0 spiro atoms. The van der Waals surface area contributed by atoms with Crippen molar-refractivity contribution in [3.8, 4) is 12.3 Å². The van der Waals surface area contributed by atoms with E-state index in [0.29, 0.717) is 24.8 Å². The van der Waals surface area contributed by atoms with Crippen LogP contribution in [0, 0.1) is 12.3 Å². The SMILES string of the molecule is C#CC(=C)C(CCC/C=C/C(=O)OC)OC(=O)OC. The van der Waals surface area contributed by atoms with Crippen molar-refractivity contribution in [1.82, 2.24) is 0 Å². The van der Waals surface area contributed by atoms with E-state index in [4.69, 9.17) is 11.2 Å². The molecule has 0 aliphatic heterocycles. The number of hydrogen-bond acceptors (Lipinski definition) is 5. The van der Waals surface area contributed by atoms with Gasteiger partial charge in [0, 0.05) is 11.6 Å². The van der Waals surface area contributed by atoms with Crippen LogP contribution >= 0.6 is 0 Å². The zero-order chi connectivity index (χ0) is 14.7. The highest BCUT2D eigenvalue weighted by molar-refractivity contribution is 5.81. The Labute approximate surface area is 113 Å². The molecule has 1 unspecified atom stereocenters. The lowest BCUT2D eigenvalue weighted by molar-refractivity contribution is -0.134. The van der Waals surface area contributed by atoms with Crippen LogP contribution in [0.15, 0.2) is 24.3 Å². The van der Waals surface area contributed by atoms with E-state index >= 15 is 0 Å². The van der Waals surface area contributed by atoms with Gasteiger partial charge in [-0.05, 0) is 19.3 Å². The van der Waals surface area contributed by atoms with E-state index in [1.165, 1.54) is 20.3 Å². The quantitative estimate of drug-likeness (QED) is 0.306. The van der Waals surface area contributed by atoms with Crippen LogP contribution < -0.4 is 0 Å². The van der Waals surface area contributed by atoms with Crippen molar-refractivity contribution in [3.05, 3.63) is 24.3 Å². The maximum atomic E-state index is 11.0. The Morgan fingerprint density at radius 3 is 2.58 bits per heavy atom. The van der Waals surface area contributed by atoms with E-state index in [0.717, 1.165) is 0 Å². The van der Waals surface area contributed by atoms with Gasteiger partial charge in [0.05, 0.1) is 14.2 Å². The molecule has 0 heterocycles. The molecular formula is C14H18O5. The lowest BCUT2D eigenvalue weighted by Crippen LogP contribution is -2.19. The molecule has 0 radical (unpaired) electrons. The Bertz CT molecular complexity index is 389. The molecule has 19 heavy (non-hydrogen) atoms. The summed E-state index contributed by atoms with van der Waals surface area (Å²) < 4.78 is 13.8. The fourth-order valence-electron chi connectivity index (χ4n) is 1.23. The van der Waals surface area contributed by atoms with E-state index in [1.54, 1.807) is 6.08 Å². The van der Waals surface area contributed by atoms with E-state index in [2.05, 4.69) is 22.0 Å². The molecule has 0 fully saturated rings. The van der Waals surface area contributed by atoms with Crippen LogP contribution in [0.5, 0.6) is 0 Å². The number of hydrogen-bond donors (Lipinski definition) is 0. The van der Waals surface area contributed by atoms with E-state index in [-0.39, 0.29) is 0 Å². The lowest BCUT2D eigenvalue weighted by atomic mass is 10.1. The molecule has 5 heteroatoms. The number of rotatable bonds is 7. The van der Waals surface area contributed by atoms with Crippen molar-refractivity contribution in [1.29, 1.82) is 0 Å². The third-order valence-corrected chi connectivity index (χ3v) is 2.27. The molecule has 0 aromatic heterocycles. The number of carbonyl (C=O) groups excluding carboxylic acids is 2. The summed E-state index contributed by atoms with van der Waals surface area (Å²) >= 11 is 0. The van der Waals surface area contributed by atoms with Gasteiger partial charge in [-0.15, -0.1) is 6.42 Å². The molecule has 5 nitrogen and oxygen atoms in total. The predicted octanol–water partition coefficient (Wildman–Crippen LogP) is 2.23. The van der Waals surface area contributed by atoms with Crippen LogP contribution in [-0.2, 0) is 19.0 Å². The Morgan fingerprint density at radius 2 is 2.05 bits per heavy atom. The second-order valence-corrected chi connectivity index (χ2v) is 3.59. The monoisotopic (exact) mass is 266 g/mol. The third kappa shape index (κ3) is 7.66. The van der Waals surface area contributed by atoms with Crippen LogP contribution in [0.4, 0.5) is 4.79 Å². The minimum absolute atomic E-state index is 0.377. The van der Waals surface area contributed by atoms with Gasteiger partial charge >= 0.3 is 12.1 Å². The maximum Gasteiger partial charge on any atom is 0.508 e. The van der Waals surface area contributed by atoms with E-state index in [1.807, 2.05) is 0 Å². The number of ether oxygens (including phenoxy) is 3. The Hall–Kier alpha value is -2.22. The molecular weight excluding hydrogens is 248 g/mol. The zero-order valence-electron chi connectivity index (χ0n) is 11.2. The Balaban J connectivity index is 4.17. The Morgan fingerprint density at radius 1 is 1.37 bits per heavy atom. The van der Waals surface area contributed by atoms with Gasteiger partial charge in [0.1, 0.15) is 6.10 Å². The highest BCUT2D eigenvalue weighted by Crippen LogP contribution is 2.13. The van der Waals surface area contributed by atoms with Gasteiger partial charge in [-0.2, -0.15) is 0 Å². The minimum atomic E-state index is -0.800. The fraction of sp³-hybridized carbons (Fsp3) is 0.429. The van der Waals surface area contributed by atoms with E-state index < -0.39 is 18.2 Å². The number of carbonyl (C=O) groups is 2. The first-order valence-corrected chi connectivity index (χ1v) is 5.69. The molecule has 0 saturated carbocycles. The van der Waals surface area contributed by atoms with Gasteiger partial charge in [-0.25, -0.2) is 9.59 Å². The summed E-state index contributed by atoms with van der Waals surface area (Å²) in [7, 11) is 2.53. The second-order valence-electron chi connectivity index (χ2n) is 3.59. The first kappa shape index (κ1) is 16.8. The van der Waals surface area contributed by atoms with Gasteiger partial charge in [0.15, 0.2) is 0 Å². The first-order valence-electron chi connectivity index (χ1n) is 5.69. The topological polar surface area (TPSA) is 61.8 Å². The molecule has 0 aliphatic rings. The van der Waals surface area contributed by atoms with Gasteiger partial charge in [0.2, 0.25) is 0 Å². The van der Waals surface area contributed by atoms with E-state index in [9.17, 15) is 9.59 Å². The summed E-state index contributed by atoms with van der Waals surface area (Å²) in [6.07, 6.45) is 8.67. The van der Waals surface area contributed by atoms with Gasteiger partial charge < -0.3 is 14.2 Å². The van der Waals surface area contributed by atoms with Crippen LogP contribution in [0.3, 0.4) is 0 Å². The third-order valence-electron chi connectivity index (χ3n) is 2.27. The van der Waals surface area contributed by atoms with Crippen LogP contribution in [0.1, 0.15) is 19.3 Å². The van der Waals surface area contributed by atoms with Crippen molar-refractivity contribution in [2.45, 2.75) is 25.4 Å². The molecule has 0 amide bonds. The summed E-state index contributed by atoms with van der Waals surface area (Å²) in [5.41, 5.74) is 0.377. The summed E-state index contributed by atoms with van der Waals surface area (Å²) in [5, 5.41) is 0. The fourth-order valence-corrected chi connectivity index (χ4v) is 1.23. The van der Waals surface area contributed by atoms with Crippen LogP contribution in [-0.4, -0.2) is 32.4 Å². The number of unbranched alkanes of at least 4 members (excludes halogenated alkanes) is 1. The number of terminal acetylenes is 1. The van der Waals surface area contributed by atoms with Gasteiger partial charge in [-0.3, -0.25) is 0 Å². The molecule has 0 saturated heterocycles. The standard InChI is InChI=1S/C14H18O5/c1-5-11(2)12(19-14(16)18-4)9-7-6-8-10-13(15)17-3/h1,8,10,12H,2,6-7,9H2,3-4H3/b10-8+. The smallest absolute Gasteiger partial charge is 0.466 e. The van der Waals surface area contributed by atoms with Crippen molar-refractivity contribution < 1.29 is 23.8 Å². The molecule has 104 valence electrons. The maximum absolute atomic E-state index is 11.0. The lowest BCUT2D eigenvalue weighted by Gasteiger charge is -2.15. The van der Waals surface area contributed by atoms with Crippen LogP contribution in [0.25, 0.3) is 0 Å². The summed E-state index contributed by atoms with van der Waals surface area (Å²) in [4.78, 5) is 21.8. The molecule has 0 rings (SSSR count). The Kier molecular flexibility index (Phi) is 8.63. The average Bonchev–Trinajstić information content (AvgIpc) is 2.43. The molecule has 0 N–H and O–H groups in total. The number of esters is 1. The number of methoxy groups -OCH3 is 2. The van der Waals surface area contributed by atoms with Crippen molar-refractivity contribution in [2.75, 3.05) is 14.2 Å². The average molecular weight is 266 g/mol.